The molecule has 14 heteroatoms. The summed E-state index contributed by atoms with van der Waals surface area (Å²) in [6, 6.07) is -0.171. The zero-order valence-electron chi connectivity index (χ0n) is 31.7. The number of hydrogen-bond donors (Lipinski definition) is 3. The summed E-state index contributed by atoms with van der Waals surface area (Å²) in [4.78, 5) is 28.7. The molecule has 0 aliphatic carbocycles. The van der Waals surface area contributed by atoms with E-state index < -0.39 is 79.1 Å². The molecule has 0 aromatic heterocycles. The van der Waals surface area contributed by atoms with E-state index in [0.717, 1.165) is 0 Å². The van der Waals surface area contributed by atoms with Crippen LogP contribution in [0.25, 0.3) is 0 Å². The van der Waals surface area contributed by atoms with Crippen molar-refractivity contribution in [3.63, 3.8) is 0 Å². The molecule has 51 heavy (non-hydrogen) atoms. The standard InChI is InChI=1S/C37H61NO13/c1-11-27-37(43,18-46-36-33(45-10)32(44-9)29(41)23(6)48-36)34-26(49-34)14-13-25(39)20(3)16-21(4)31(19(2)12-15-28(40)50-27)51-35-30(42)24(38(7)8)17-22(5)47-35/h12-15,19-24,26-27,29-36,41-43H,11,16-18H2,1-10H3/t19-,20+,21-,22+,23+,24-,26-,27?,29+,30+,31?,32+,33+,34+,35-,36+,37-/m0/s1. The Morgan fingerprint density at radius 2 is 1.57 bits per heavy atom. The second kappa shape index (κ2) is 18.0. The molecule has 3 saturated heterocycles. The fourth-order valence-corrected chi connectivity index (χ4v) is 7.69. The van der Waals surface area contributed by atoms with Crippen LogP contribution in [-0.2, 0) is 47.5 Å². The maximum absolute atomic E-state index is 13.4. The van der Waals surface area contributed by atoms with Crippen molar-refractivity contribution in [1.82, 2.24) is 4.90 Å². The highest BCUT2D eigenvalue weighted by molar-refractivity contribution is 5.91. The van der Waals surface area contributed by atoms with Crippen LogP contribution in [0.15, 0.2) is 24.3 Å². The van der Waals surface area contributed by atoms with Gasteiger partial charge >= 0.3 is 5.97 Å². The van der Waals surface area contributed by atoms with Crippen LogP contribution in [0.1, 0.15) is 60.8 Å². The molecular weight excluding hydrogens is 666 g/mol. The number of likely N-dealkylation sites (N-methyl/N-ethyl adjacent to an activating group) is 1. The van der Waals surface area contributed by atoms with Gasteiger partial charge in [-0.05, 0) is 65.3 Å². The predicted octanol–water partition coefficient (Wildman–Crippen LogP) is 1.76. The number of carbonyl (C=O) groups is 2. The molecule has 2 unspecified atom stereocenters. The number of rotatable bonds is 9. The predicted molar refractivity (Wildman–Crippen MR) is 184 cm³/mol. The van der Waals surface area contributed by atoms with E-state index in [9.17, 15) is 24.9 Å². The highest BCUT2D eigenvalue weighted by Crippen LogP contribution is 2.40. The highest BCUT2D eigenvalue weighted by Gasteiger charge is 2.59. The molecule has 0 bridgehead atoms. The number of aliphatic hydroxyl groups excluding tert-OH is 2. The van der Waals surface area contributed by atoms with Gasteiger partial charge in [0.15, 0.2) is 24.0 Å². The lowest BCUT2D eigenvalue weighted by Crippen LogP contribution is -2.60. The van der Waals surface area contributed by atoms with E-state index in [-0.39, 0.29) is 48.7 Å². The summed E-state index contributed by atoms with van der Waals surface area (Å²) >= 11 is 0. The molecule has 0 spiro atoms. The van der Waals surface area contributed by atoms with Crippen LogP contribution in [0.4, 0.5) is 0 Å². The molecule has 4 heterocycles. The minimum absolute atomic E-state index is 0.115. The largest absolute Gasteiger partial charge is 0.456 e. The van der Waals surface area contributed by atoms with Crippen LogP contribution >= 0.6 is 0 Å². The summed E-state index contributed by atoms with van der Waals surface area (Å²) < 4.78 is 47.4. The van der Waals surface area contributed by atoms with Crippen molar-refractivity contribution in [3.05, 3.63) is 24.3 Å². The first-order chi connectivity index (χ1) is 24.1. The first kappa shape index (κ1) is 41.9. The van der Waals surface area contributed by atoms with Crippen molar-refractivity contribution in [3.8, 4) is 0 Å². The summed E-state index contributed by atoms with van der Waals surface area (Å²) in [6.07, 6.45) is -1.95. The average molecular weight is 728 g/mol. The monoisotopic (exact) mass is 727 g/mol. The summed E-state index contributed by atoms with van der Waals surface area (Å²) in [5.41, 5.74) is -1.86. The number of hydrogen-bond acceptors (Lipinski definition) is 14. The number of allylic oxidation sites excluding steroid dienone is 1. The SMILES string of the molecule is CCC1OC(=O)C=C[C@H](C)C(O[C@@H]2O[C@H](C)C[C@H](N(C)C)[C@H]2O)[C@@H](C)C[C@@H](C)C(=O)C=C[C@@H]2O[C@H]2[C@]1(O)CO[C@@H]1O[C@H](C)[C@@H](O)[C@@H](OC)[C@H]1OC. The van der Waals surface area contributed by atoms with Gasteiger partial charge in [0.25, 0.3) is 0 Å². The molecule has 4 aliphatic heterocycles. The quantitative estimate of drug-likeness (QED) is 0.232. The van der Waals surface area contributed by atoms with Crippen LogP contribution < -0.4 is 0 Å². The smallest absolute Gasteiger partial charge is 0.330 e. The first-order valence-electron chi connectivity index (χ1n) is 18.2. The zero-order chi connectivity index (χ0) is 37.8. The number of carbonyl (C=O) groups excluding carboxylic acids is 2. The summed E-state index contributed by atoms with van der Waals surface area (Å²) in [5.74, 6) is -1.71. The van der Waals surface area contributed by atoms with Gasteiger partial charge in [-0.25, -0.2) is 4.79 Å². The maximum Gasteiger partial charge on any atom is 0.330 e. The lowest BCUT2D eigenvalue weighted by atomic mass is 9.84. The molecule has 0 aromatic carbocycles. The molecule has 0 saturated carbocycles. The van der Waals surface area contributed by atoms with Crippen molar-refractivity contribution in [1.29, 1.82) is 0 Å². The number of fused-ring (bicyclic) bond motifs is 1. The second-order valence-electron chi connectivity index (χ2n) is 15.0. The van der Waals surface area contributed by atoms with Crippen LogP contribution in [0.3, 0.4) is 0 Å². The molecule has 3 fully saturated rings. The molecule has 0 amide bonds. The number of ether oxygens (including phenoxy) is 8. The Kier molecular flexibility index (Phi) is 14.8. The molecule has 14 nitrogen and oxygen atoms in total. The maximum atomic E-state index is 13.4. The number of nitrogens with zero attached hydrogens (tertiary/aromatic N) is 1. The average Bonchev–Trinajstić information content (AvgIpc) is 3.88. The molecule has 4 rings (SSSR count). The van der Waals surface area contributed by atoms with Gasteiger partial charge in [-0.3, -0.25) is 4.79 Å². The Bertz CT molecular complexity index is 1210. The minimum Gasteiger partial charge on any atom is -0.456 e. The number of cyclic esters (lactones) is 1. The molecular formula is C37H61NO13. The van der Waals surface area contributed by atoms with Gasteiger partial charge in [0.05, 0.1) is 24.9 Å². The third-order valence-electron chi connectivity index (χ3n) is 10.8. The lowest BCUT2D eigenvalue weighted by molar-refractivity contribution is -0.313. The van der Waals surface area contributed by atoms with E-state index in [1.54, 1.807) is 26.0 Å². The fraction of sp³-hybridized carbons (Fsp3) is 0.838. The van der Waals surface area contributed by atoms with Crippen LogP contribution in [0.5, 0.6) is 0 Å². The third-order valence-corrected chi connectivity index (χ3v) is 10.8. The molecule has 0 aromatic rings. The second-order valence-corrected chi connectivity index (χ2v) is 15.0. The fourth-order valence-electron chi connectivity index (χ4n) is 7.69. The van der Waals surface area contributed by atoms with Gasteiger partial charge < -0.3 is 58.1 Å². The van der Waals surface area contributed by atoms with Crippen molar-refractivity contribution in [2.24, 2.45) is 17.8 Å². The van der Waals surface area contributed by atoms with Crippen molar-refractivity contribution in [2.45, 2.75) is 146 Å². The van der Waals surface area contributed by atoms with Crippen LogP contribution in [-0.4, -0.2) is 152 Å². The van der Waals surface area contributed by atoms with E-state index in [2.05, 4.69) is 0 Å². The van der Waals surface area contributed by atoms with Crippen molar-refractivity contribution < 1.29 is 62.8 Å². The Labute approximate surface area is 302 Å². The lowest BCUT2D eigenvalue weighted by Gasteiger charge is -2.43. The Hall–Kier alpha value is -1.82. The molecule has 17 atom stereocenters. The number of epoxide rings is 1. The van der Waals surface area contributed by atoms with Gasteiger partial charge in [0, 0.05) is 38.2 Å². The van der Waals surface area contributed by atoms with Gasteiger partial charge in [-0.15, -0.1) is 0 Å². The van der Waals surface area contributed by atoms with Gasteiger partial charge in [-0.2, -0.15) is 0 Å². The van der Waals surface area contributed by atoms with Gasteiger partial charge in [0.1, 0.15) is 42.7 Å². The molecule has 0 radical (unpaired) electrons. The summed E-state index contributed by atoms with van der Waals surface area (Å²) in [6.45, 7) is 10.7. The van der Waals surface area contributed by atoms with Crippen LogP contribution in [0, 0.1) is 17.8 Å². The topological polar surface area (TPSA) is 175 Å². The van der Waals surface area contributed by atoms with Gasteiger partial charge in [0.2, 0.25) is 0 Å². The van der Waals surface area contributed by atoms with E-state index in [1.807, 2.05) is 46.7 Å². The minimum atomic E-state index is -1.86. The van der Waals surface area contributed by atoms with Crippen LogP contribution in [0.2, 0.25) is 0 Å². The Balaban J connectivity index is 1.59. The van der Waals surface area contributed by atoms with E-state index in [0.29, 0.717) is 12.8 Å². The molecule has 292 valence electrons. The van der Waals surface area contributed by atoms with Gasteiger partial charge in [-0.1, -0.05) is 33.8 Å². The highest BCUT2D eigenvalue weighted by atomic mass is 16.7. The molecule has 4 aliphatic rings. The number of methoxy groups -OCH3 is 2. The van der Waals surface area contributed by atoms with E-state index in [1.165, 1.54) is 26.4 Å². The number of ketones is 1. The zero-order valence-corrected chi connectivity index (χ0v) is 31.7. The third kappa shape index (κ3) is 9.84. The van der Waals surface area contributed by atoms with E-state index in [4.69, 9.17) is 37.9 Å². The molecule has 3 N–H and O–H groups in total. The van der Waals surface area contributed by atoms with E-state index >= 15 is 0 Å². The Morgan fingerprint density at radius 3 is 2.20 bits per heavy atom. The summed E-state index contributed by atoms with van der Waals surface area (Å²) in [5, 5.41) is 34.0. The van der Waals surface area contributed by atoms with Crippen molar-refractivity contribution >= 4 is 11.8 Å². The number of esters is 1. The Morgan fingerprint density at radius 1 is 0.882 bits per heavy atom. The first-order valence-corrected chi connectivity index (χ1v) is 18.2. The summed E-state index contributed by atoms with van der Waals surface area (Å²) in [7, 11) is 6.70. The van der Waals surface area contributed by atoms with Crippen molar-refractivity contribution in [2.75, 3.05) is 34.9 Å². The number of aliphatic hydroxyl groups is 3. The normalized spacial score (nSPS) is 45.8.